The Morgan fingerprint density at radius 1 is 1.57 bits per heavy atom. The van der Waals surface area contributed by atoms with E-state index in [4.69, 9.17) is 5.73 Å². The number of aromatic nitrogens is 1. The van der Waals surface area contributed by atoms with Gasteiger partial charge in [0, 0.05) is 12.7 Å². The first kappa shape index (κ1) is 10.9. The molecule has 5 nitrogen and oxygen atoms in total. The molecule has 0 radical (unpaired) electrons. The van der Waals surface area contributed by atoms with Crippen LogP contribution in [-0.4, -0.2) is 25.7 Å². The number of pyridine rings is 1. The predicted molar refractivity (Wildman–Crippen MR) is 55.4 cm³/mol. The van der Waals surface area contributed by atoms with E-state index < -0.39 is 10.0 Å². The van der Waals surface area contributed by atoms with Gasteiger partial charge in [-0.25, -0.2) is 13.4 Å². The Morgan fingerprint density at radius 2 is 2.29 bits per heavy atom. The van der Waals surface area contributed by atoms with E-state index in [-0.39, 0.29) is 12.3 Å². The van der Waals surface area contributed by atoms with Gasteiger partial charge >= 0.3 is 0 Å². The van der Waals surface area contributed by atoms with Crippen LogP contribution in [0.3, 0.4) is 0 Å². The van der Waals surface area contributed by atoms with Crippen LogP contribution >= 0.6 is 0 Å². The van der Waals surface area contributed by atoms with Gasteiger partial charge in [-0.15, -0.1) is 0 Å². The van der Waals surface area contributed by atoms with Crippen LogP contribution < -0.4 is 10.5 Å². The lowest BCUT2D eigenvalue weighted by molar-refractivity contribution is 0.601. The number of aryl methyl sites for hydroxylation is 1. The first-order valence-electron chi connectivity index (χ1n) is 4.17. The second kappa shape index (κ2) is 4.39. The molecule has 1 aromatic rings. The molecule has 78 valence electrons. The highest BCUT2D eigenvalue weighted by Crippen LogP contribution is 2.07. The maximum atomic E-state index is 11.3. The molecule has 0 aliphatic heterocycles. The quantitative estimate of drug-likeness (QED) is 0.745. The smallest absolute Gasteiger partial charge is 0.235 e. The van der Waals surface area contributed by atoms with Crippen molar-refractivity contribution in [3.05, 3.63) is 23.9 Å². The standard InChI is InChI=1S/C8H13N3O2S/c1-7-2-4-10-8(6-7)11-14(12,13)5-3-9/h2,4,6H,3,5,9H2,1H3,(H,10,11). The molecule has 0 saturated carbocycles. The highest BCUT2D eigenvalue weighted by molar-refractivity contribution is 7.92. The van der Waals surface area contributed by atoms with Crippen LogP contribution in [0.5, 0.6) is 0 Å². The molecule has 14 heavy (non-hydrogen) atoms. The van der Waals surface area contributed by atoms with E-state index in [9.17, 15) is 8.42 Å². The predicted octanol–water partition coefficient (Wildman–Crippen LogP) is 0.0904. The maximum Gasteiger partial charge on any atom is 0.235 e. The number of hydrogen-bond donors (Lipinski definition) is 2. The van der Waals surface area contributed by atoms with Gasteiger partial charge in [0.05, 0.1) is 5.75 Å². The summed E-state index contributed by atoms with van der Waals surface area (Å²) in [5, 5.41) is 0. The number of nitrogens with zero attached hydrogens (tertiary/aromatic N) is 1. The van der Waals surface area contributed by atoms with E-state index in [0.717, 1.165) is 5.56 Å². The Labute approximate surface area is 83.4 Å². The lowest BCUT2D eigenvalue weighted by Gasteiger charge is -2.05. The number of hydrogen-bond acceptors (Lipinski definition) is 4. The molecule has 0 atom stereocenters. The number of nitrogens with two attached hydrogens (primary N) is 1. The Kier molecular flexibility index (Phi) is 3.43. The zero-order chi connectivity index (χ0) is 10.6. The van der Waals surface area contributed by atoms with Gasteiger partial charge in [0.1, 0.15) is 5.82 Å². The monoisotopic (exact) mass is 215 g/mol. The van der Waals surface area contributed by atoms with E-state index >= 15 is 0 Å². The highest BCUT2D eigenvalue weighted by Gasteiger charge is 2.08. The summed E-state index contributed by atoms with van der Waals surface area (Å²) in [5.74, 6) is 0.237. The minimum Gasteiger partial charge on any atom is -0.329 e. The average Bonchev–Trinajstić information content (AvgIpc) is 2.02. The highest BCUT2D eigenvalue weighted by atomic mass is 32.2. The van der Waals surface area contributed by atoms with Gasteiger partial charge in [-0.2, -0.15) is 0 Å². The minimum absolute atomic E-state index is 0.0946. The van der Waals surface area contributed by atoms with Crippen molar-refractivity contribution in [3.63, 3.8) is 0 Å². The van der Waals surface area contributed by atoms with Gasteiger partial charge in [0.2, 0.25) is 10.0 Å². The lowest BCUT2D eigenvalue weighted by atomic mass is 10.3. The van der Waals surface area contributed by atoms with Gasteiger partial charge in [-0.3, -0.25) is 4.72 Å². The van der Waals surface area contributed by atoms with Crippen LogP contribution in [0.4, 0.5) is 5.82 Å². The second-order valence-electron chi connectivity index (χ2n) is 2.93. The fourth-order valence-corrected chi connectivity index (χ4v) is 1.80. The SMILES string of the molecule is Cc1ccnc(NS(=O)(=O)CCN)c1. The molecule has 0 aromatic carbocycles. The first-order valence-corrected chi connectivity index (χ1v) is 5.82. The van der Waals surface area contributed by atoms with Crippen molar-refractivity contribution in [2.75, 3.05) is 17.0 Å². The summed E-state index contributed by atoms with van der Waals surface area (Å²) in [6, 6.07) is 3.45. The molecule has 0 amide bonds. The summed E-state index contributed by atoms with van der Waals surface area (Å²) in [6.07, 6.45) is 1.55. The molecule has 0 aliphatic carbocycles. The molecule has 0 unspecified atom stereocenters. The van der Waals surface area contributed by atoms with Crippen molar-refractivity contribution in [3.8, 4) is 0 Å². The molecular weight excluding hydrogens is 202 g/mol. The van der Waals surface area contributed by atoms with Crippen molar-refractivity contribution in [1.82, 2.24) is 4.98 Å². The molecule has 1 rings (SSSR count). The fraction of sp³-hybridized carbons (Fsp3) is 0.375. The molecular formula is C8H13N3O2S. The molecule has 1 aromatic heterocycles. The summed E-state index contributed by atoms with van der Waals surface area (Å²) in [6.45, 7) is 1.96. The molecule has 1 heterocycles. The molecule has 0 spiro atoms. The third-order valence-electron chi connectivity index (χ3n) is 1.56. The van der Waals surface area contributed by atoms with Crippen LogP contribution in [0.25, 0.3) is 0 Å². The zero-order valence-corrected chi connectivity index (χ0v) is 8.71. The zero-order valence-electron chi connectivity index (χ0n) is 7.90. The third kappa shape index (κ3) is 3.31. The van der Waals surface area contributed by atoms with E-state index in [1.807, 2.05) is 6.92 Å². The van der Waals surface area contributed by atoms with E-state index in [1.54, 1.807) is 18.3 Å². The maximum absolute atomic E-state index is 11.3. The Bertz CT molecular complexity index is 403. The van der Waals surface area contributed by atoms with Crippen LogP contribution in [0, 0.1) is 6.92 Å². The number of anilines is 1. The number of nitrogens with one attached hydrogen (secondary N) is 1. The summed E-state index contributed by atoms with van der Waals surface area (Å²) < 4.78 is 24.9. The van der Waals surface area contributed by atoms with Crippen LogP contribution in [0.2, 0.25) is 0 Å². The number of sulfonamides is 1. The summed E-state index contributed by atoms with van der Waals surface area (Å²) in [4.78, 5) is 3.88. The van der Waals surface area contributed by atoms with Gasteiger partial charge < -0.3 is 5.73 Å². The van der Waals surface area contributed by atoms with Crippen LogP contribution in [0.15, 0.2) is 18.3 Å². The van der Waals surface area contributed by atoms with Crippen molar-refractivity contribution in [2.45, 2.75) is 6.92 Å². The second-order valence-corrected chi connectivity index (χ2v) is 4.77. The van der Waals surface area contributed by atoms with Gasteiger partial charge in [0.25, 0.3) is 0 Å². The minimum atomic E-state index is -3.34. The van der Waals surface area contributed by atoms with Gasteiger partial charge in [0.15, 0.2) is 0 Å². The Balaban J connectivity index is 2.79. The summed E-state index contributed by atoms with van der Waals surface area (Å²) in [5.41, 5.74) is 6.11. The van der Waals surface area contributed by atoms with Crippen molar-refractivity contribution >= 4 is 15.8 Å². The lowest BCUT2D eigenvalue weighted by Crippen LogP contribution is -2.22. The van der Waals surface area contributed by atoms with E-state index in [0.29, 0.717) is 5.82 Å². The normalized spacial score (nSPS) is 11.3. The van der Waals surface area contributed by atoms with Gasteiger partial charge in [-0.05, 0) is 24.6 Å². The Hall–Kier alpha value is -1.14. The Morgan fingerprint density at radius 3 is 2.86 bits per heavy atom. The van der Waals surface area contributed by atoms with Crippen molar-refractivity contribution < 1.29 is 8.42 Å². The molecule has 0 aliphatic rings. The first-order chi connectivity index (χ1) is 6.53. The summed E-state index contributed by atoms with van der Waals surface area (Å²) >= 11 is 0. The molecule has 3 N–H and O–H groups in total. The fourth-order valence-electron chi connectivity index (χ4n) is 0.957. The topological polar surface area (TPSA) is 85.1 Å². The molecule has 0 bridgehead atoms. The molecule has 6 heteroatoms. The van der Waals surface area contributed by atoms with E-state index in [1.165, 1.54) is 0 Å². The summed E-state index contributed by atoms with van der Waals surface area (Å²) in [7, 11) is -3.34. The molecule has 0 fully saturated rings. The van der Waals surface area contributed by atoms with Crippen LogP contribution in [-0.2, 0) is 10.0 Å². The molecule has 0 saturated heterocycles. The van der Waals surface area contributed by atoms with Crippen molar-refractivity contribution in [1.29, 1.82) is 0 Å². The number of rotatable bonds is 4. The average molecular weight is 215 g/mol. The van der Waals surface area contributed by atoms with Crippen molar-refractivity contribution in [2.24, 2.45) is 5.73 Å². The van der Waals surface area contributed by atoms with E-state index in [2.05, 4.69) is 9.71 Å². The third-order valence-corrected chi connectivity index (χ3v) is 2.86. The van der Waals surface area contributed by atoms with Crippen LogP contribution in [0.1, 0.15) is 5.56 Å². The van der Waals surface area contributed by atoms with Gasteiger partial charge in [-0.1, -0.05) is 0 Å². The largest absolute Gasteiger partial charge is 0.329 e.